The van der Waals surface area contributed by atoms with E-state index in [-0.39, 0.29) is 5.69 Å². The lowest BCUT2D eigenvalue weighted by Gasteiger charge is -2.11. The molecule has 0 aliphatic carbocycles. The summed E-state index contributed by atoms with van der Waals surface area (Å²) >= 11 is 2.10. The summed E-state index contributed by atoms with van der Waals surface area (Å²) in [6.45, 7) is 1.93. The van der Waals surface area contributed by atoms with E-state index in [0.717, 1.165) is 20.6 Å². The molecule has 0 aliphatic rings. The van der Waals surface area contributed by atoms with E-state index in [9.17, 15) is 9.90 Å². The third kappa shape index (κ3) is 2.35. The Labute approximate surface area is 118 Å². The molecule has 0 atom stereocenters. The standard InChI is InChI=1S/C13H12INO3/c1-8-5-10(18-2)3-4-11(8)15-7-9(14)6-12(15)13(16)17/h3-7H,1-2H3,(H,16,17). The van der Waals surface area contributed by atoms with Gasteiger partial charge in [0.2, 0.25) is 0 Å². The normalized spacial score (nSPS) is 10.4. The van der Waals surface area contributed by atoms with Gasteiger partial charge >= 0.3 is 5.97 Å². The number of hydrogen-bond acceptors (Lipinski definition) is 2. The number of aromatic carboxylic acids is 1. The van der Waals surface area contributed by atoms with E-state index in [1.807, 2.05) is 25.1 Å². The Morgan fingerprint density at radius 1 is 1.39 bits per heavy atom. The number of hydrogen-bond donors (Lipinski definition) is 1. The number of carboxylic acids is 1. The monoisotopic (exact) mass is 357 g/mol. The topological polar surface area (TPSA) is 51.5 Å². The summed E-state index contributed by atoms with van der Waals surface area (Å²) < 4.78 is 7.71. The van der Waals surface area contributed by atoms with Crippen LogP contribution in [0, 0.1) is 10.5 Å². The van der Waals surface area contributed by atoms with Gasteiger partial charge in [0.1, 0.15) is 11.4 Å². The largest absolute Gasteiger partial charge is 0.497 e. The highest BCUT2D eigenvalue weighted by Crippen LogP contribution is 2.23. The van der Waals surface area contributed by atoms with Crippen LogP contribution in [0.2, 0.25) is 0 Å². The quantitative estimate of drug-likeness (QED) is 0.859. The molecule has 4 nitrogen and oxygen atoms in total. The van der Waals surface area contributed by atoms with Crippen molar-refractivity contribution in [1.29, 1.82) is 0 Å². The zero-order valence-electron chi connectivity index (χ0n) is 9.98. The molecule has 1 N–H and O–H groups in total. The van der Waals surface area contributed by atoms with Gasteiger partial charge in [-0.3, -0.25) is 0 Å². The molecule has 0 saturated heterocycles. The molecule has 0 amide bonds. The Hall–Kier alpha value is -1.50. The van der Waals surface area contributed by atoms with Crippen LogP contribution >= 0.6 is 22.6 Å². The predicted molar refractivity (Wildman–Crippen MR) is 76.7 cm³/mol. The fraction of sp³-hybridized carbons (Fsp3) is 0.154. The van der Waals surface area contributed by atoms with Gasteiger partial charge in [0.15, 0.2) is 0 Å². The summed E-state index contributed by atoms with van der Waals surface area (Å²) in [4.78, 5) is 11.2. The minimum Gasteiger partial charge on any atom is -0.497 e. The van der Waals surface area contributed by atoms with Crippen molar-refractivity contribution >= 4 is 28.6 Å². The highest BCUT2D eigenvalue weighted by molar-refractivity contribution is 14.1. The van der Waals surface area contributed by atoms with E-state index in [1.165, 1.54) is 0 Å². The SMILES string of the molecule is COc1ccc(-n2cc(I)cc2C(=O)O)c(C)c1. The first-order chi connectivity index (χ1) is 8.52. The van der Waals surface area contributed by atoms with E-state index in [4.69, 9.17) is 4.74 Å². The first kappa shape index (κ1) is 12.9. The van der Waals surface area contributed by atoms with E-state index < -0.39 is 5.97 Å². The summed E-state index contributed by atoms with van der Waals surface area (Å²) in [5.41, 5.74) is 2.06. The number of aryl methyl sites for hydroxylation is 1. The maximum absolute atomic E-state index is 11.2. The van der Waals surface area contributed by atoms with Gasteiger partial charge < -0.3 is 14.4 Å². The molecule has 0 spiro atoms. The molecule has 94 valence electrons. The van der Waals surface area contributed by atoms with Gasteiger partial charge in [-0.1, -0.05) is 0 Å². The van der Waals surface area contributed by atoms with Crippen molar-refractivity contribution in [2.45, 2.75) is 6.92 Å². The Balaban J connectivity index is 2.58. The van der Waals surface area contributed by atoms with Crippen molar-refractivity contribution in [2.24, 2.45) is 0 Å². The van der Waals surface area contributed by atoms with E-state index in [2.05, 4.69) is 22.6 Å². The molecule has 5 heteroatoms. The van der Waals surface area contributed by atoms with Crippen molar-refractivity contribution < 1.29 is 14.6 Å². The predicted octanol–water partition coefficient (Wildman–Crippen LogP) is 3.10. The number of ether oxygens (including phenoxy) is 1. The molecule has 0 bridgehead atoms. The second-order valence-corrected chi connectivity index (χ2v) is 5.12. The minimum atomic E-state index is -0.937. The smallest absolute Gasteiger partial charge is 0.352 e. The van der Waals surface area contributed by atoms with E-state index in [0.29, 0.717) is 0 Å². The highest BCUT2D eigenvalue weighted by Gasteiger charge is 2.14. The zero-order chi connectivity index (χ0) is 13.3. The van der Waals surface area contributed by atoms with Gasteiger partial charge in [0, 0.05) is 15.5 Å². The van der Waals surface area contributed by atoms with Crippen molar-refractivity contribution in [2.75, 3.05) is 7.11 Å². The van der Waals surface area contributed by atoms with Crippen molar-refractivity contribution in [1.82, 2.24) is 4.57 Å². The number of aromatic nitrogens is 1. The maximum Gasteiger partial charge on any atom is 0.352 e. The Morgan fingerprint density at radius 2 is 2.11 bits per heavy atom. The molecule has 2 rings (SSSR count). The number of methoxy groups -OCH3 is 1. The molecule has 0 radical (unpaired) electrons. The number of halogens is 1. The molecular formula is C13H12INO3. The van der Waals surface area contributed by atoms with Crippen molar-refractivity contribution in [3.8, 4) is 11.4 Å². The van der Waals surface area contributed by atoms with Crippen LogP contribution in [-0.4, -0.2) is 22.8 Å². The lowest BCUT2D eigenvalue weighted by molar-refractivity contribution is 0.0688. The first-order valence-electron chi connectivity index (χ1n) is 5.29. The molecule has 2 aromatic rings. The summed E-state index contributed by atoms with van der Waals surface area (Å²) in [6.07, 6.45) is 1.80. The number of carbonyl (C=O) groups is 1. The fourth-order valence-corrected chi connectivity index (χ4v) is 2.39. The average molecular weight is 357 g/mol. The highest BCUT2D eigenvalue weighted by atomic mass is 127. The third-order valence-electron chi connectivity index (χ3n) is 2.67. The van der Waals surface area contributed by atoms with Crippen LogP contribution in [0.5, 0.6) is 5.75 Å². The van der Waals surface area contributed by atoms with Crippen LogP contribution < -0.4 is 4.74 Å². The van der Waals surface area contributed by atoms with Gasteiger partial charge in [-0.25, -0.2) is 4.79 Å². The summed E-state index contributed by atoms with van der Waals surface area (Å²) in [5.74, 6) is -0.178. The summed E-state index contributed by atoms with van der Waals surface area (Å²) in [6, 6.07) is 7.21. The molecule has 0 saturated carbocycles. The number of rotatable bonds is 3. The van der Waals surface area contributed by atoms with E-state index >= 15 is 0 Å². The van der Waals surface area contributed by atoms with Crippen molar-refractivity contribution in [3.63, 3.8) is 0 Å². The van der Waals surface area contributed by atoms with Gasteiger partial charge in [-0.05, 0) is 59.3 Å². The Kier molecular flexibility index (Phi) is 3.60. The fourth-order valence-electron chi connectivity index (χ4n) is 1.82. The van der Waals surface area contributed by atoms with Crippen LogP contribution in [0.25, 0.3) is 5.69 Å². The molecular weight excluding hydrogens is 345 g/mol. The second kappa shape index (κ2) is 5.01. The van der Waals surface area contributed by atoms with Gasteiger partial charge in [0.25, 0.3) is 0 Å². The lowest BCUT2D eigenvalue weighted by atomic mass is 10.2. The zero-order valence-corrected chi connectivity index (χ0v) is 12.1. The maximum atomic E-state index is 11.2. The van der Waals surface area contributed by atoms with Crippen LogP contribution in [0.1, 0.15) is 16.1 Å². The molecule has 18 heavy (non-hydrogen) atoms. The molecule has 1 aromatic heterocycles. The van der Waals surface area contributed by atoms with Crippen LogP contribution in [-0.2, 0) is 0 Å². The van der Waals surface area contributed by atoms with Crippen molar-refractivity contribution in [3.05, 3.63) is 45.3 Å². The molecule has 1 heterocycles. The summed E-state index contributed by atoms with van der Waals surface area (Å²) in [7, 11) is 1.61. The van der Waals surface area contributed by atoms with Crippen LogP contribution in [0.4, 0.5) is 0 Å². The average Bonchev–Trinajstić information content (AvgIpc) is 2.71. The second-order valence-electron chi connectivity index (χ2n) is 3.87. The van der Waals surface area contributed by atoms with Gasteiger partial charge in [-0.15, -0.1) is 0 Å². The molecule has 0 aliphatic heterocycles. The molecule has 0 fully saturated rings. The Morgan fingerprint density at radius 3 is 2.67 bits per heavy atom. The third-order valence-corrected chi connectivity index (χ3v) is 3.26. The van der Waals surface area contributed by atoms with Gasteiger partial charge in [0.05, 0.1) is 7.11 Å². The number of carboxylic acid groups (broad SMARTS) is 1. The van der Waals surface area contributed by atoms with Crippen LogP contribution in [0.15, 0.2) is 30.5 Å². The van der Waals surface area contributed by atoms with E-state index in [1.54, 1.807) is 23.9 Å². The summed E-state index contributed by atoms with van der Waals surface area (Å²) in [5, 5.41) is 9.18. The van der Waals surface area contributed by atoms with Gasteiger partial charge in [-0.2, -0.15) is 0 Å². The Bertz CT molecular complexity index is 604. The number of benzene rings is 1. The van der Waals surface area contributed by atoms with Crippen LogP contribution in [0.3, 0.4) is 0 Å². The first-order valence-corrected chi connectivity index (χ1v) is 6.37. The minimum absolute atomic E-state index is 0.257. The lowest BCUT2D eigenvalue weighted by Crippen LogP contribution is -2.06. The number of nitrogens with zero attached hydrogens (tertiary/aromatic N) is 1. The molecule has 0 unspecified atom stereocenters. The molecule has 1 aromatic carbocycles.